The summed E-state index contributed by atoms with van der Waals surface area (Å²) in [4.78, 5) is 5.55. The van der Waals surface area contributed by atoms with E-state index in [0.29, 0.717) is 6.54 Å². The lowest BCUT2D eigenvalue weighted by Crippen LogP contribution is -1.99. The second-order valence-corrected chi connectivity index (χ2v) is 5.43. The Labute approximate surface area is 113 Å². The molecule has 2 rings (SSSR count). The highest BCUT2D eigenvalue weighted by Gasteiger charge is 2.01. The normalized spacial score (nSPS) is 10.6. The SMILES string of the molecule is Cc1ccc(SCc2ccnc(CN)c2)c(C)c1. The summed E-state index contributed by atoms with van der Waals surface area (Å²) in [6.07, 6.45) is 1.83. The van der Waals surface area contributed by atoms with Gasteiger partial charge in [-0.1, -0.05) is 17.7 Å². The maximum Gasteiger partial charge on any atom is 0.0542 e. The second kappa shape index (κ2) is 6.03. The molecule has 0 amide bonds. The molecule has 0 saturated carbocycles. The minimum absolute atomic E-state index is 0.502. The van der Waals surface area contributed by atoms with E-state index in [1.54, 1.807) is 0 Å². The first kappa shape index (κ1) is 13.1. The molecule has 1 aromatic heterocycles. The quantitative estimate of drug-likeness (QED) is 0.854. The first-order valence-corrected chi connectivity index (χ1v) is 7.01. The Morgan fingerprint density at radius 2 is 2.00 bits per heavy atom. The van der Waals surface area contributed by atoms with Gasteiger partial charge >= 0.3 is 0 Å². The molecular formula is C15H18N2S. The molecule has 94 valence electrons. The molecule has 0 radical (unpaired) electrons. The summed E-state index contributed by atoms with van der Waals surface area (Å²) in [6.45, 7) is 4.78. The highest BCUT2D eigenvalue weighted by Crippen LogP contribution is 2.26. The number of aromatic nitrogens is 1. The number of benzene rings is 1. The van der Waals surface area contributed by atoms with Crippen LogP contribution in [-0.2, 0) is 12.3 Å². The molecule has 0 aliphatic heterocycles. The molecule has 0 saturated heterocycles. The average Bonchev–Trinajstić information content (AvgIpc) is 2.38. The number of pyridine rings is 1. The van der Waals surface area contributed by atoms with Crippen molar-refractivity contribution in [1.29, 1.82) is 0 Å². The third-order valence-corrected chi connectivity index (χ3v) is 4.06. The van der Waals surface area contributed by atoms with Crippen LogP contribution in [0.5, 0.6) is 0 Å². The molecule has 0 spiro atoms. The molecule has 3 heteroatoms. The van der Waals surface area contributed by atoms with Crippen molar-refractivity contribution in [2.45, 2.75) is 31.0 Å². The maximum absolute atomic E-state index is 5.60. The lowest BCUT2D eigenvalue weighted by molar-refractivity contribution is 0.983. The Morgan fingerprint density at radius 3 is 2.72 bits per heavy atom. The molecule has 0 unspecified atom stereocenters. The predicted octanol–water partition coefficient (Wildman–Crippen LogP) is 3.45. The summed E-state index contributed by atoms with van der Waals surface area (Å²) in [5, 5.41) is 0. The maximum atomic E-state index is 5.60. The van der Waals surface area contributed by atoms with Gasteiger partial charge in [-0.15, -0.1) is 11.8 Å². The van der Waals surface area contributed by atoms with Gasteiger partial charge in [-0.2, -0.15) is 0 Å². The Bertz CT molecular complexity index is 538. The van der Waals surface area contributed by atoms with E-state index in [1.165, 1.54) is 21.6 Å². The Morgan fingerprint density at radius 1 is 1.17 bits per heavy atom. The van der Waals surface area contributed by atoms with Crippen molar-refractivity contribution in [2.75, 3.05) is 0 Å². The van der Waals surface area contributed by atoms with Crippen LogP contribution in [0.1, 0.15) is 22.4 Å². The molecule has 1 heterocycles. The number of nitrogens with zero attached hydrogens (tertiary/aromatic N) is 1. The molecule has 0 atom stereocenters. The van der Waals surface area contributed by atoms with Crippen molar-refractivity contribution in [3.05, 3.63) is 58.9 Å². The molecule has 0 aliphatic rings. The Hall–Kier alpha value is -1.32. The lowest BCUT2D eigenvalue weighted by atomic mass is 10.2. The van der Waals surface area contributed by atoms with Gasteiger partial charge in [0.1, 0.15) is 0 Å². The van der Waals surface area contributed by atoms with Gasteiger partial charge < -0.3 is 5.73 Å². The van der Waals surface area contributed by atoms with Crippen LogP contribution in [0.15, 0.2) is 41.4 Å². The van der Waals surface area contributed by atoms with Gasteiger partial charge in [0.05, 0.1) is 5.69 Å². The van der Waals surface area contributed by atoms with Gasteiger partial charge in [-0.25, -0.2) is 0 Å². The summed E-state index contributed by atoms with van der Waals surface area (Å²) in [5.41, 5.74) is 10.5. The molecule has 0 fully saturated rings. The largest absolute Gasteiger partial charge is 0.325 e. The van der Waals surface area contributed by atoms with Crippen LogP contribution in [0.2, 0.25) is 0 Å². The number of hydrogen-bond donors (Lipinski definition) is 1. The number of thioether (sulfide) groups is 1. The van der Waals surface area contributed by atoms with Crippen LogP contribution < -0.4 is 5.73 Å². The van der Waals surface area contributed by atoms with Crippen LogP contribution in [0.3, 0.4) is 0 Å². The molecule has 2 nitrogen and oxygen atoms in total. The fourth-order valence-corrected chi connectivity index (χ4v) is 2.80. The Balaban J connectivity index is 2.06. The zero-order valence-electron chi connectivity index (χ0n) is 10.8. The number of hydrogen-bond acceptors (Lipinski definition) is 3. The van der Waals surface area contributed by atoms with E-state index < -0.39 is 0 Å². The van der Waals surface area contributed by atoms with Gasteiger partial charge in [0.2, 0.25) is 0 Å². The molecular weight excluding hydrogens is 240 g/mol. The van der Waals surface area contributed by atoms with E-state index in [2.05, 4.69) is 49.2 Å². The van der Waals surface area contributed by atoms with E-state index in [1.807, 2.05) is 18.0 Å². The van der Waals surface area contributed by atoms with Gasteiger partial charge in [-0.05, 0) is 43.2 Å². The first-order chi connectivity index (χ1) is 8.69. The first-order valence-electron chi connectivity index (χ1n) is 6.03. The topological polar surface area (TPSA) is 38.9 Å². The molecule has 0 aliphatic carbocycles. The molecule has 2 aromatic rings. The zero-order valence-corrected chi connectivity index (χ0v) is 11.6. The van der Waals surface area contributed by atoms with E-state index in [4.69, 9.17) is 5.73 Å². The summed E-state index contributed by atoms with van der Waals surface area (Å²) < 4.78 is 0. The third-order valence-electron chi connectivity index (χ3n) is 2.81. The summed E-state index contributed by atoms with van der Waals surface area (Å²) in [6, 6.07) is 10.7. The smallest absolute Gasteiger partial charge is 0.0542 e. The van der Waals surface area contributed by atoms with Crippen molar-refractivity contribution in [3.8, 4) is 0 Å². The van der Waals surface area contributed by atoms with Gasteiger partial charge in [0.15, 0.2) is 0 Å². The molecule has 1 aromatic carbocycles. The van der Waals surface area contributed by atoms with Crippen LogP contribution in [-0.4, -0.2) is 4.98 Å². The van der Waals surface area contributed by atoms with Crippen molar-refractivity contribution in [2.24, 2.45) is 5.73 Å². The van der Waals surface area contributed by atoms with Crippen LogP contribution in [0.4, 0.5) is 0 Å². The van der Waals surface area contributed by atoms with E-state index >= 15 is 0 Å². The fraction of sp³-hybridized carbons (Fsp3) is 0.267. The van der Waals surface area contributed by atoms with E-state index in [0.717, 1.165) is 11.4 Å². The van der Waals surface area contributed by atoms with Crippen molar-refractivity contribution < 1.29 is 0 Å². The predicted molar refractivity (Wildman–Crippen MR) is 77.6 cm³/mol. The summed E-state index contributed by atoms with van der Waals surface area (Å²) >= 11 is 1.86. The third kappa shape index (κ3) is 3.34. The summed E-state index contributed by atoms with van der Waals surface area (Å²) in [5.74, 6) is 0.958. The number of rotatable bonds is 4. The van der Waals surface area contributed by atoms with Gasteiger partial charge in [0, 0.05) is 23.4 Å². The van der Waals surface area contributed by atoms with Crippen LogP contribution in [0, 0.1) is 13.8 Å². The number of aryl methyl sites for hydroxylation is 2. The van der Waals surface area contributed by atoms with Gasteiger partial charge in [-0.3, -0.25) is 4.98 Å². The van der Waals surface area contributed by atoms with Crippen LogP contribution >= 0.6 is 11.8 Å². The minimum Gasteiger partial charge on any atom is -0.325 e. The monoisotopic (exact) mass is 258 g/mol. The standard InChI is InChI=1S/C15H18N2S/c1-11-3-4-15(12(2)7-11)18-10-13-5-6-17-14(8-13)9-16/h3-8H,9-10,16H2,1-2H3. The van der Waals surface area contributed by atoms with E-state index in [-0.39, 0.29) is 0 Å². The zero-order chi connectivity index (χ0) is 13.0. The average molecular weight is 258 g/mol. The number of nitrogens with two attached hydrogens (primary N) is 1. The Kier molecular flexibility index (Phi) is 4.39. The minimum atomic E-state index is 0.502. The highest BCUT2D eigenvalue weighted by molar-refractivity contribution is 7.98. The van der Waals surface area contributed by atoms with E-state index in [9.17, 15) is 0 Å². The molecule has 2 N–H and O–H groups in total. The van der Waals surface area contributed by atoms with Crippen molar-refractivity contribution in [3.63, 3.8) is 0 Å². The fourth-order valence-electron chi connectivity index (χ4n) is 1.85. The second-order valence-electron chi connectivity index (χ2n) is 4.42. The lowest BCUT2D eigenvalue weighted by Gasteiger charge is -2.07. The highest BCUT2D eigenvalue weighted by atomic mass is 32.2. The summed E-state index contributed by atoms with van der Waals surface area (Å²) in [7, 11) is 0. The van der Waals surface area contributed by atoms with Crippen molar-refractivity contribution >= 4 is 11.8 Å². The molecule has 18 heavy (non-hydrogen) atoms. The molecule has 0 bridgehead atoms. The van der Waals surface area contributed by atoms with Crippen LogP contribution in [0.25, 0.3) is 0 Å². The van der Waals surface area contributed by atoms with Crippen molar-refractivity contribution in [1.82, 2.24) is 4.98 Å². The van der Waals surface area contributed by atoms with Gasteiger partial charge in [0.25, 0.3) is 0 Å².